The third kappa shape index (κ3) is 5.37. The number of hydrogen-bond donors (Lipinski definition) is 2. The molecule has 7 heteroatoms. The summed E-state index contributed by atoms with van der Waals surface area (Å²) in [6.07, 6.45) is -0.936. The smallest absolute Gasteiger partial charge is 0.408 e. The van der Waals surface area contributed by atoms with Gasteiger partial charge in [0.25, 0.3) is 0 Å². The highest BCUT2D eigenvalue weighted by Gasteiger charge is 2.23. The second-order valence-corrected chi connectivity index (χ2v) is 6.17. The standard InChI is InChI=1S/C20H22N2O5/c1-14(22-20(24)26-12-15-7-3-2-4-8-15)19(23)21-11-16-13-25-17-9-5-6-10-18(17)27-16/h2-10,14,16H,11-13H2,1H3,(H,21,23)(H,22,24)/t14-,16+/m1/s1. The third-order valence-electron chi connectivity index (χ3n) is 4.01. The summed E-state index contributed by atoms with van der Waals surface area (Å²) in [5.41, 5.74) is 0.875. The summed E-state index contributed by atoms with van der Waals surface area (Å²) in [6, 6.07) is 16.0. The molecule has 0 bridgehead atoms. The van der Waals surface area contributed by atoms with E-state index in [4.69, 9.17) is 14.2 Å². The van der Waals surface area contributed by atoms with Gasteiger partial charge in [0, 0.05) is 0 Å². The van der Waals surface area contributed by atoms with Crippen molar-refractivity contribution in [3.05, 3.63) is 60.2 Å². The van der Waals surface area contributed by atoms with Gasteiger partial charge in [-0.15, -0.1) is 0 Å². The lowest BCUT2D eigenvalue weighted by Gasteiger charge is -2.27. The van der Waals surface area contributed by atoms with Gasteiger partial charge < -0.3 is 24.8 Å². The van der Waals surface area contributed by atoms with Crippen LogP contribution in [0.15, 0.2) is 54.6 Å². The molecule has 2 atom stereocenters. The van der Waals surface area contributed by atoms with Crippen LogP contribution in [0.1, 0.15) is 12.5 Å². The van der Waals surface area contributed by atoms with Crippen molar-refractivity contribution >= 4 is 12.0 Å². The predicted octanol–water partition coefficient (Wildman–Crippen LogP) is 2.26. The van der Waals surface area contributed by atoms with Crippen LogP contribution in [-0.2, 0) is 16.1 Å². The largest absolute Gasteiger partial charge is 0.486 e. The highest BCUT2D eigenvalue weighted by atomic mass is 16.6. The minimum absolute atomic E-state index is 0.147. The quantitative estimate of drug-likeness (QED) is 0.815. The van der Waals surface area contributed by atoms with E-state index in [1.54, 1.807) is 6.92 Å². The van der Waals surface area contributed by atoms with E-state index in [0.717, 1.165) is 5.56 Å². The van der Waals surface area contributed by atoms with Gasteiger partial charge in [0.15, 0.2) is 11.5 Å². The second kappa shape index (κ2) is 8.93. The number of carbonyl (C=O) groups excluding carboxylic acids is 2. The van der Waals surface area contributed by atoms with Crippen LogP contribution in [0.25, 0.3) is 0 Å². The fraction of sp³-hybridized carbons (Fsp3) is 0.300. The van der Waals surface area contributed by atoms with Crippen LogP contribution in [0.3, 0.4) is 0 Å². The van der Waals surface area contributed by atoms with E-state index in [9.17, 15) is 9.59 Å². The number of fused-ring (bicyclic) bond motifs is 1. The van der Waals surface area contributed by atoms with Gasteiger partial charge in [0.1, 0.15) is 25.4 Å². The van der Waals surface area contributed by atoms with Crippen LogP contribution in [-0.4, -0.2) is 37.3 Å². The summed E-state index contributed by atoms with van der Waals surface area (Å²) in [6.45, 7) is 2.36. The van der Waals surface area contributed by atoms with Crippen LogP contribution in [0.5, 0.6) is 11.5 Å². The van der Waals surface area contributed by atoms with Crippen LogP contribution in [0.4, 0.5) is 4.79 Å². The van der Waals surface area contributed by atoms with Crippen molar-refractivity contribution in [2.75, 3.05) is 13.2 Å². The molecule has 1 heterocycles. The first-order valence-corrected chi connectivity index (χ1v) is 8.75. The number of nitrogens with one attached hydrogen (secondary N) is 2. The molecule has 0 unspecified atom stereocenters. The van der Waals surface area contributed by atoms with Gasteiger partial charge in [0.2, 0.25) is 5.91 Å². The molecule has 7 nitrogen and oxygen atoms in total. The number of ether oxygens (including phenoxy) is 3. The summed E-state index contributed by atoms with van der Waals surface area (Å²) in [7, 11) is 0. The number of alkyl carbamates (subject to hydrolysis) is 1. The molecule has 27 heavy (non-hydrogen) atoms. The lowest BCUT2D eigenvalue weighted by Crippen LogP contribution is -2.48. The van der Waals surface area contributed by atoms with Crippen molar-refractivity contribution in [2.45, 2.75) is 25.7 Å². The predicted molar refractivity (Wildman–Crippen MR) is 98.6 cm³/mol. The molecule has 0 fully saturated rings. The Bertz CT molecular complexity index is 781. The lowest BCUT2D eigenvalue weighted by molar-refractivity contribution is -0.123. The first kappa shape index (κ1) is 18.6. The van der Waals surface area contributed by atoms with Crippen molar-refractivity contribution in [1.82, 2.24) is 10.6 Å². The SMILES string of the molecule is C[C@@H](NC(=O)OCc1ccccc1)C(=O)NC[C@H]1COc2ccccc2O1. The highest BCUT2D eigenvalue weighted by molar-refractivity contribution is 5.85. The van der Waals surface area contributed by atoms with E-state index in [0.29, 0.717) is 18.1 Å². The molecule has 0 saturated heterocycles. The molecule has 0 spiro atoms. The molecular formula is C20H22N2O5. The average molecular weight is 370 g/mol. The fourth-order valence-electron chi connectivity index (χ4n) is 2.54. The van der Waals surface area contributed by atoms with Gasteiger partial charge >= 0.3 is 6.09 Å². The van der Waals surface area contributed by atoms with Crippen LogP contribution in [0, 0.1) is 0 Å². The Kier molecular flexibility index (Phi) is 6.14. The van der Waals surface area contributed by atoms with E-state index in [2.05, 4.69) is 10.6 Å². The van der Waals surface area contributed by atoms with Crippen molar-refractivity contribution < 1.29 is 23.8 Å². The number of amides is 2. The average Bonchev–Trinajstić information content (AvgIpc) is 2.71. The van der Waals surface area contributed by atoms with E-state index in [1.165, 1.54) is 0 Å². The molecule has 2 aromatic carbocycles. The zero-order chi connectivity index (χ0) is 19.1. The summed E-state index contributed by atoms with van der Waals surface area (Å²) < 4.78 is 16.5. The molecule has 2 amide bonds. The number of hydrogen-bond acceptors (Lipinski definition) is 5. The lowest BCUT2D eigenvalue weighted by atomic mass is 10.2. The van der Waals surface area contributed by atoms with Crippen LogP contribution < -0.4 is 20.1 Å². The van der Waals surface area contributed by atoms with Crippen molar-refractivity contribution in [1.29, 1.82) is 0 Å². The number of carbonyl (C=O) groups is 2. The molecule has 0 radical (unpaired) electrons. The normalized spacial score (nSPS) is 16.1. The van der Waals surface area contributed by atoms with Gasteiger partial charge in [-0.1, -0.05) is 42.5 Å². The zero-order valence-electron chi connectivity index (χ0n) is 15.0. The Morgan fingerprint density at radius 1 is 1.11 bits per heavy atom. The van der Waals surface area contributed by atoms with Gasteiger partial charge in [-0.25, -0.2) is 4.79 Å². The molecule has 1 aliphatic rings. The number of para-hydroxylation sites is 2. The molecule has 2 aromatic rings. The summed E-state index contributed by atoms with van der Waals surface area (Å²) in [4.78, 5) is 24.0. The maximum atomic E-state index is 12.2. The molecular weight excluding hydrogens is 348 g/mol. The highest BCUT2D eigenvalue weighted by Crippen LogP contribution is 2.30. The Hall–Kier alpha value is -3.22. The molecule has 0 saturated carbocycles. The Balaban J connectivity index is 1.38. The maximum absolute atomic E-state index is 12.2. The minimum atomic E-state index is -0.731. The fourth-order valence-corrected chi connectivity index (χ4v) is 2.54. The Morgan fingerprint density at radius 3 is 2.59 bits per heavy atom. The molecule has 0 aliphatic carbocycles. The van der Waals surface area contributed by atoms with E-state index in [1.807, 2.05) is 54.6 Å². The number of benzene rings is 2. The van der Waals surface area contributed by atoms with Crippen LogP contribution >= 0.6 is 0 Å². The van der Waals surface area contributed by atoms with Gasteiger partial charge in [0.05, 0.1) is 6.54 Å². The van der Waals surface area contributed by atoms with Gasteiger partial charge in [-0.05, 0) is 24.6 Å². The monoisotopic (exact) mass is 370 g/mol. The van der Waals surface area contributed by atoms with E-state index in [-0.39, 0.29) is 25.2 Å². The van der Waals surface area contributed by atoms with Crippen LogP contribution in [0.2, 0.25) is 0 Å². The summed E-state index contributed by atoms with van der Waals surface area (Å²) in [5, 5.41) is 5.26. The summed E-state index contributed by atoms with van der Waals surface area (Å²) >= 11 is 0. The first-order chi connectivity index (χ1) is 13.1. The van der Waals surface area contributed by atoms with Crippen molar-refractivity contribution in [3.8, 4) is 11.5 Å². The van der Waals surface area contributed by atoms with Crippen molar-refractivity contribution in [3.63, 3.8) is 0 Å². The second-order valence-electron chi connectivity index (χ2n) is 6.17. The maximum Gasteiger partial charge on any atom is 0.408 e. The van der Waals surface area contributed by atoms with E-state index >= 15 is 0 Å². The van der Waals surface area contributed by atoms with E-state index < -0.39 is 12.1 Å². The first-order valence-electron chi connectivity index (χ1n) is 8.75. The molecule has 0 aromatic heterocycles. The topological polar surface area (TPSA) is 85.9 Å². The molecule has 142 valence electrons. The molecule has 3 rings (SSSR count). The minimum Gasteiger partial charge on any atom is -0.486 e. The zero-order valence-corrected chi connectivity index (χ0v) is 15.0. The van der Waals surface area contributed by atoms with Gasteiger partial charge in [-0.3, -0.25) is 4.79 Å². The van der Waals surface area contributed by atoms with Gasteiger partial charge in [-0.2, -0.15) is 0 Å². The molecule has 1 aliphatic heterocycles. The third-order valence-corrected chi connectivity index (χ3v) is 4.01. The number of rotatable bonds is 6. The summed E-state index contributed by atoms with van der Waals surface area (Å²) in [5.74, 6) is 1.02. The molecule has 2 N–H and O–H groups in total. The Labute approximate surface area is 157 Å². The van der Waals surface area contributed by atoms with Crippen molar-refractivity contribution in [2.24, 2.45) is 0 Å². The Morgan fingerprint density at radius 2 is 1.81 bits per heavy atom.